The number of nitrogens with two attached hydrogens (primary N) is 1. The maximum absolute atomic E-state index is 12.8. The van der Waals surface area contributed by atoms with Crippen LogP contribution in [0.3, 0.4) is 0 Å². The minimum absolute atomic E-state index is 0.179. The summed E-state index contributed by atoms with van der Waals surface area (Å²) < 4.78 is 30.1. The lowest BCUT2D eigenvalue weighted by Gasteiger charge is -2.33. The zero-order chi connectivity index (χ0) is 25.0. The van der Waals surface area contributed by atoms with E-state index >= 15 is 0 Å². The Hall–Kier alpha value is -3.67. The van der Waals surface area contributed by atoms with Crippen LogP contribution in [0.25, 0.3) is 11.1 Å². The lowest BCUT2D eigenvalue weighted by Crippen LogP contribution is -2.44. The predicted octanol–water partition coefficient (Wildman–Crippen LogP) is 2.18. The van der Waals surface area contributed by atoms with Crippen molar-refractivity contribution in [1.82, 2.24) is 14.6 Å². The van der Waals surface area contributed by atoms with E-state index in [1.165, 1.54) is 7.05 Å². The summed E-state index contributed by atoms with van der Waals surface area (Å²) in [5.74, 6) is -0.182. The van der Waals surface area contributed by atoms with Gasteiger partial charge in [0.25, 0.3) is 5.91 Å². The van der Waals surface area contributed by atoms with E-state index in [1.54, 1.807) is 48.7 Å². The maximum Gasteiger partial charge on any atom is 0.382 e. The Morgan fingerprint density at radius 2 is 1.69 bits per heavy atom. The third-order valence-corrected chi connectivity index (χ3v) is 6.71. The van der Waals surface area contributed by atoms with Crippen molar-refractivity contribution in [1.29, 1.82) is 0 Å². The number of nitrogen functional groups attached to an aromatic ring is 1. The molecule has 1 saturated heterocycles. The molecule has 0 unspecified atom stereocenters. The third-order valence-electron chi connectivity index (χ3n) is 5.79. The van der Waals surface area contributed by atoms with E-state index in [0.29, 0.717) is 17.1 Å². The topological polar surface area (TPSA) is 130 Å². The standard InChI is InChI=1S/C24H28N6O4S/c1-26-35(32,33)34-20-7-3-17(4-8-20)18-5-9-21(25)23(15-18)28-24(31)22-10-6-19(16-27-22)30-13-11-29(2)12-14-30/h3-10,15-16,26H,11-14,25H2,1-2H3,(H,28,31). The van der Waals surface area contributed by atoms with Gasteiger partial charge in [0.2, 0.25) is 0 Å². The van der Waals surface area contributed by atoms with E-state index in [9.17, 15) is 13.2 Å². The molecule has 2 heterocycles. The summed E-state index contributed by atoms with van der Waals surface area (Å²) in [6, 6.07) is 15.4. The van der Waals surface area contributed by atoms with Gasteiger partial charge < -0.3 is 25.0 Å². The number of rotatable bonds is 7. The number of aromatic nitrogens is 1. The van der Waals surface area contributed by atoms with Gasteiger partial charge in [-0.1, -0.05) is 18.2 Å². The average molecular weight is 497 g/mol. The van der Waals surface area contributed by atoms with Gasteiger partial charge in [-0.15, -0.1) is 0 Å². The van der Waals surface area contributed by atoms with Gasteiger partial charge in [-0.3, -0.25) is 4.79 Å². The van der Waals surface area contributed by atoms with Gasteiger partial charge in [0, 0.05) is 33.2 Å². The highest BCUT2D eigenvalue weighted by molar-refractivity contribution is 7.85. The Kier molecular flexibility index (Phi) is 7.20. The van der Waals surface area contributed by atoms with Gasteiger partial charge in [0.1, 0.15) is 11.4 Å². The minimum Gasteiger partial charge on any atom is -0.397 e. The Morgan fingerprint density at radius 1 is 1.00 bits per heavy atom. The molecule has 4 N–H and O–H groups in total. The summed E-state index contributed by atoms with van der Waals surface area (Å²) in [7, 11) is -0.467. The molecular formula is C24H28N6O4S. The number of likely N-dealkylation sites (N-methyl/N-ethyl adjacent to an activating group) is 1. The van der Waals surface area contributed by atoms with Crippen LogP contribution in [-0.2, 0) is 10.3 Å². The minimum atomic E-state index is -3.84. The number of carbonyl (C=O) groups is 1. The molecule has 0 bridgehead atoms. The number of pyridine rings is 1. The molecule has 1 amide bonds. The number of benzene rings is 2. The second kappa shape index (κ2) is 10.3. The number of nitrogens with zero attached hydrogens (tertiary/aromatic N) is 3. The largest absolute Gasteiger partial charge is 0.397 e. The average Bonchev–Trinajstić information content (AvgIpc) is 2.86. The molecular weight excluding hydrogens is 468 g/mol. The number of hydrogen-bond donors (Lipinski definition) is 3. The van der Waals surface area contributed by atoms with Crippen molar-refractivity contribution in [3.63, 3.8) is 0 Å². The van der Waals surface area contributed by atoms with Crippen LogP contribution < -0.4 is 24.9 Å². The summed E-state index contributed by atoms with van der Waals surface area (Å²) in [5.41, 5.74) is 9.83. The highest BCUT2D eigenvalue weighted by Crippen LogP contribution is 2.29. The molecule has 3 aromatic rings. The smallest absolute Gasteiger partial charge is 0.382 e. The fraction of sp³-hybridized carbons (Fsp3) is 0.250. The molecule has 184 valence electrons. The molecule has 10 nitrogen and oxygen atoms in total. The van der Waals surface area contributed by atoms with Crippen molar-refractivity contribution in [2.75, 3.05) is 56.2 Å². The van der Waals surface area contributed by atoms with E-state index < -0.39 is 10.3 Å². The maximum atomic E-state index is 12.8. The van der Waals surface area contributed by atoms with Crippen molar-refractivity contribution in [3.05, 3.63) is 66.5 Å². The Morgan fingerprint density at radius 3 is 2.31 bits per heavy atom. The van der Waals surface area contributed by atoms with Crippen LogP contribution >= 0.6 is 0 Å². The fourth-order valence-corrected chi connectivity index (χ4v) is 4.12. The molecule has 35 heavy (non-hydrogen) atoms. The van der Waals surface area contributed by atoms with E-state index in [1.807, 2.05) is 12.1 Å². The van der Waals surface area contributed by atoms with Gasteiger partial charge in [-0.05, 0) is 54.6 Å². The zero-order valence-electron chi connectivity index (χ0n) is 19.6. The molecule has 11 heteroatoms. The molecule has 1 aliphatic rings. The van der Waals surface area contributed by atoms with E-state index in [4.69, 9.17) is 9.92 Å². The lowest BCUT2D eigenvalue weighted by molar-refractivity contribution is 0.102. The Bertz CT molecular complexity index is 1290. The summed E-state index contributed by atoms with van der Waals surface area (Å²) in [5, 5.41) is 2.83. The monoisotopic (exact) mass is 496 g/mol. The van der Waals surface area contributed by atoms with E-state index in [2.05, 4.69) is 31.9 Å². The van der Waals surface area contributed by atoms with Crippen molar-refractivity contribution in [3.8, 4) is 16.9 Å². The number of nitrogens with one attached hydrogen (secondary N) is 2. The third kappa shape index (κ3) is 6.07. The van der Waals surface area contributed by atoms with Crippen molar-refractivity contribution >= 4 is 33.3 Å². The first-order valence-corrected chi connectivity index (χ1v) is 12.5. The summed E-state index contributed by atoms with van der Waals surface area (Å²) in [4.78, 5) is 21.7. The number of carbonyl (C=O) groups excluding carboxylic acids is 1. The highest BCUT2D eigenvalue weighted by Gasteiger charge is 2.16. The zero-order valence-corrected chi connectivity index (χ0v) is 20.4. The van der Waals surface area contributed by atoms with Gasteiger partial charge in [0.05, 0.1) is 23.3 Å². The van der Waals surface area contributed by atoms with Crippen molar-refractivity contribution in [2.45, 2.75) is 0 Å². The van der Waals surface area contributed by atoms with Gasteiger partial charge >= 0.3 is 10.3 Å². The second-order valence-corrected chi connectivity index (χ2v) is 9.70. The SMILES string of the molecule is CNS(=O)(=O)Oc1ccc(-c2ccc(N)c(NC(=O)c3ccc(N4CCN(C)CC4)cn3)c2)cc1. The first-order valence-electron chi connectivity index (χ1n) is 11.1. The van der Waals surface area contributed by atoms with Crippen molar-refractivity contribution in [2.24, 2.45) is 0 Å². The molecule has 0 atom stereocenters. The number of piperazine rings is 1. The van der Waals surface area contributed by atoms with Crippen LogP contribution in [0, 0.1) is 0 Å². The summed E-state index contributed by atoms with van der Waals surface area (Å²) in [6.45, 7) is 3.82. The van der Waals surface area contributed by atoms with E-state index in [0.717, 1.165) is 43.0 Å². The fourth-order valence-electron chi connectivity index (χ4n) is 3.67. The van der Waals surface area contributed by atoms with Crippen LogP contribution in [0.2, 0.25) is 0 Å². The summed E-state index contributed by atoms with van der Waals surface area (Å²) in [6.07, 6.45) is 1.72. The molecule has 0 aliphatic carbocycles. The molecule has 1 aliphatic heterocycles. The van der Waals surface area contributed by atoms with Gasteiger partial charge in [-0.25, -0.2) is 4.98 Å². The molecule has 2 aromatic carbocycles. The molecule has 0 spiro atoms. The summed E-state index contributed by atoms with van der Waals surface area (Å²) >= 11 is 0. The first-order chi connectivity index (χ1) is 16.7. The molecule has 1 fully saturated rings. The quantitative estimate of drug-likeness (QED) is 0.425. The number of anilines is 3. The van der Waals surface area contributed by atoms with Gasteiger partial charge in [0.15, 0.2) is 0 Å². The Labute approximate surface area is 205 Å². The predicted molar refractivity (Wildman–Crippen MR) is 137 cm³/mol. The lowest BCUT2D eigenvalue weighted by atomic mass is 10.0. The normalized spacial score (nSPS) is 14.5. The second-order valence-electron chi connectivity index (χ2n) is 8.21. The first kappa shape index (κ1) is 24.5. The number of amides is 1. The van der Waals surface area contributed by atoms with Gasteiger partial charge in [-0.2, -0.15) is 13.1 Å². The molecule has 1 aromatic heterocycles. The van der Waals surface area contributed by atoms with Crippen LogP contribution in [0.5, 0.6) is 5.75 Å². The van der Waals surface area contributed by atoms with Crippen LogP contribution in [0.1, 0.15) is 10.5 Å². The molecule has 4 rings (SSSR count). The number of hydrogen-bond acceptors (Lipinski definition) is 8. The highest BCUT2D eigenvalue weighted by atomic mass is 32.2. The Balaban J connectivity index is 1.46. The molecule has 0 radical (unpaired) electrons. The van der Waals surface area contributed by atoms with Crippen LogP contribution in [0.4, 0.5) is 17.1 Å². The molecule has 0 saturated carbocycles. The van der Waals surface area contributed by atoms with Crippen LogP contribution in [0.15, 0.2) is 60.8 Å². The van der Waals surface area contributed by atoms with Crippen molar-refractivity contribution < 1.29 is 17.4 Å². The van der Waals surface area contributed by atoms with Crippen LogP contribution in [-0.4, -0.2) is 64.5 Å². The van der Waals surface area contributed by atoms with E-state index in [-0.39, 0.29) is 11.7 Å².